The van der Waals surface area contributed by atoms with E-state index in [-0.39, 0.29) is 23.8 Å². The fourth-order valence-electron chi connectivity index (χ4n) is 3.69. The summed E-state index contributed by atoms with van der Waals surface area (Å²) in [6.45, 7) is 11.0. The molecule has 1 aromatic carbocycles. The molecule has 1 heterocycles. The van der Waals surface area contributed by atoms with Crippen molar-refractivity contribution in [1.29, 1.82) is 0 Å². The van der Waals surface area contributed by atoms with Gasteiger partial charge in [0.25, 0.3) is 0 Å². The highest BCUT2D eigenvalue weighted by atomic mass is 16.2. The second kappa shape index (κ2) is 8.03. The van der Waals surface area contributed by atoms with E-state index in [4.69, 9.17) is 0 Å². The topological polar surface area (TPSA) is 40.6 Å². The molecule has 0 bridgehead atoms. The van der Waals surface area contributed by atoms with Gasteiger partial charge in [0.2, 0.25) is 11.8 Å². The van der Waals surface area contributed by atoms with E-state index in [1.54, 1.807) is 11.8 Å². The number of carbonyl (C=O) groups is 2. The number of anilines is 1. The Morgan fingerprint density at radius 2 is 1.88 bits per heavy atom. The molecule has 1 aliphatic rings. The van der Waals surface area contributed by atoms with Crippen LogP contribution in [0.3, 0.4) is 0 Å². The Bertz CT molecular complexity index is 619. The lowest BCUT2D eigenvalue weighted by molar-refractivity contribution is -0.134. The quantitative estimate of drug-likeness (QED) is 0.824. The van der Waals surface area contributed by atoms with E-state index in [0.717, 1.165) is 37.1 Å². The minimum Gasteiger partial charge on any atom is -0.338 e. The number of carbonyl (C=O) groups excluding carboxylic acids is 2. The number of amides is 2. The fourth-order valence-corrected chi connectivity index (χ4v) is 3.69. The highest BCUT2D eigenvalue weighted by molar-refractivity contribution is 5.98. The van der Waals surface area contributed by atoms with E-state index < -0.39 is 0 Å². The van der Waals surface area contributed by atoms with Gasteiger partial charge in [-0.25, -0.2) is 0 Å². The fraction of sp³-hybridized carbons (Fsp3) is 0.619. The van der Waals surface area contributed by atoms with Gasteiger partial charge in [-0.3, -0.25) is 9.59 Å². The number of piperidine rings is 1. The minimum atomic E-state index is -0.0928. The van der Waals surface area contributed by atoms with Crippen LogP contribution in [0.1, 0.15) is 65.9 Å². The summed E-state index contributed by atoms with van der Waals surface area (Å²) in [5.41, 5.74) is 1.84. The van der Waals surface area contributed by atoms with Crippen LogP contribution in [0.5, 0.6) is 0 Å². The number of likely N-dealkylation sites (tertiary alicyclic amines) is 1. The predicted octanol–water partition coefficient (Wildman–Crippen LogP) is 4.13. The molecule has 0 aliphatic carbocycles. The van der Waals surface area contributed by atoms with Gasteiger partial charge in [-0.1, -0.05) is 45.9 Å². The van der Waals surface area contributed by atoms with Gasteiger partial charge in [-0.2, -0.15) is 0 Å². The van der Waals surface area contributed by atoms with Crippen LogP contribution >= 0.6 is 0 Å². The van der Waals surface area contributed by atoms with E-state index in [1.807, 2.05) is 29.2 Å². The van der Waals surface area contributed by atoms with Crippen LogP contribution in [0.25, 0.3) is 0 Å². The van der Waals surface area contributed by atoms with Crippen LogP contribution in [0, 0.1) is 0 Å². The molecule has 138 valence electrons. The zero-order chi connectivity index (χ0) is 18.6. The Hall–Kier alpha value is -1.84. The molecule has 0 spiro atoms. The molecule has 0 radical (unpaired) electrons. The largest absolute Gasteiger partial charge is 0.338 e. The smallest absolute Gasteiger partial charge is 0.242 e. The molecular weight excluding hydrogens is 312 g/mol. The van der Waals surface area contributed by atoms with E-state index >= 15 is 0 Å². The van der Waals surface area contributed by atoms with E-state index in [0.29, 0.717) is 6.04 Å². The number of para-hydroxylation sites is 1. The summed E-state index contributed by atoms with van der Waals surface area (Å²) in [6, 6.07) is 8.23. The Balaban J connectivity index is 2.28. The average molecular weight is 344 g/mol. The maximum atomic E-state index is 12.9. The molecule has 0 saturated carbocycles. The number of rotatable bonds is 4. The molecule has 1 aromatic rings. The number of hydrogen-bond donors (Lipinski definition) is 0. The molecule has 1 aliphatic heterocycles. The van der Waals surface area contributed by atoms with Crippen molar-refractivity contribution in [1.82, 2.24) is 4.90 Å². The van der Waals surface area contributed by atoms with Crippen LogP contribution in [0.4, 0.5) is 5.69 Å². The van der Waals surface area contributed by atoms with Crippen LogP contribution in [0.2, 0.25) is 0 Å². The Morgan fingerprint density at radius 1 is 1.20 bits per heavy atom. The molecule has 2 amide bonds. The highest BCUT2D eigenvalue weighted by Crippen LogP contribution is 2.32. The molecule has 1 atom stereocenters. The van der Waals surface area contributed by atoms with Gasteiger partial charge in [0, 0.05) is 25.2 Å². The van der Waals surface area contributed by atoms with Crippen molar-refractivity contribution >= 4 is 17.5 Å². The highest BCUT2D eigenvalue weighted by Gasteiger charge is 2.29. The third-order valence-electron chi connectivity index (χ3n) is 5.10. The van der Waals surface area contributed by atoms with Gasteiger partial charge in [-0.15, -0.1) is 0 Å². The van der Waals surface area contributed by atoms with Crippen LogP contribution < -0.4 is 4.90 Å². The summed E-state index contributed by atoms with van der Waals surface area (Å²) >= 11 is 0. The van der Waals surface area contributed by atoms with Gasteiger partial charge in [0.15, 0.2) is 0 Å². The Labute approximate surface area is 152 Å². The molecule has 25 heavy (non-hydrogen) atoms. The molecule has 0 aromatic heterocycles. The van der Waals surface area contributed by atoms with Gasteiger partial charge in [0.05, 0.1) is 0 Å². The maximum absolute atomic E-state index is 12.9. The molecule has 4 heteroatoms. The molecule has 4 nitrogen and oxygen atoms in total. The van der Waals surface area contributed by atoms with Gasteiger partial charge < -0.3 is 9.80 Å². The maximum Gasteiger partial charge on any atom is 0.242 e. The van der Waals surface area contributed by atoms with Crippen molar-refractivity contribution in [2.45, 2.75) is 71.8 Å². The molecule has 1 fully saturated rings. The third kappa shape index (κ3) is 4.62. The summed E-state index contributed by atoms with van der Waals surface area (Å²) in [6.07, 6.45) is 4.29. The average Bonchev–Trinajstić information content (AvgIpc) is 2.58. The summed E-state index contributed by atoms with van der Waals surface area (Å²) in [4.78, 5) is 28.9. The van der Waals surface area contributed by atoms with Gasteiger partial charge in [0.1, 0.15) is 6.54 Å². The second-order valence-electron chi connectivity index (χ2n) is 8.02. The first-order valence-corrected chi connectivity index (χ1v) is 9.42. The monoisotopic (exact) mass is 344 g/mol. The number of nitrogens with zero attached hydrogens (tertiary/aromatic N) is 2. The molecular formula is C21H32N2O2. The normalized spacial score (nSPS) is 18.1. The van der Waals surface area contributed by atoms with Crippen LogP contribution in [-0.2, 0) is 15.0 Å². The molecule has 1 saturated heterocycles. The van der Waals surface area contributed by atoms with Crippen molar-refractivity contribution in [3.05, 3.63) is 29.8 Å². The summed E-state index contributed by atoms with van der Waals surface area (Å²) in [5, 5.41) is 0. The zero-order valence-electron chi connectivity index (χ0n) is 16.3. The first-order chi connectivity index (χ1) is 11.8. The van der Waals surface area contributed by atoms with E-state index in [1.165, 1.54) is 6.42 Å². The molecule has 2 rings (SSSR count). The van der Waals surface area contributed by atoms with Crippen LogP contribution in [-0.4, -0.2) is 35.8 Å². The first kappa shape index (κ1) is 19.5. The van der Waals surface area contributed by atoms with Crippen molar-refractivity contribution in [2.24, 2.45) is 0 Å². The van der Waals surface area contributed by atoms with E-state index in [2.05, 4.69) is 27.7 Å². The van der Waals surface area contributed by atoms with Crippen molar-refractivity contribution in [3.63, 3.8) is 0 Å². The van der Waals surface area contributed by atoms with E-state index in [9.17, 15) is 9.59 Å². The van der Waals surface area contributed by atoms with Gasteiger partial charge >= 0.3 is 0 Å². The van der Waals surface area contributed by atoms with Crippen LogP contribution in [0.15, 0.2) is 24.3 Å². The molecule has 0 N–H and O–H groups in total. The summed E-state index contributed by atoms with van der Waals surface area (Å²) in [5.74, 6) is -0.0272. The lowest BCUT2D eigenvalue weighted by Crippen LogP contribution is -2.49. The number of hydrogen-bond acceptors (Lipinski definition) is 2. The van der Waals surface area contributed by atoms with Crippen molar-refractivity contribution in [2.75, 3.05) is 18.0 Å². The Morgan fingerprint density at radius 3 is 2.48 bits per heavy atom. The lowest BCUT2D eigenvalue weighted by Gasteiger charge is -2.37. The second-order valence-corrected chi connectivity index (χ2v) is 8.02. The molecule has 1 unspecified atom stereocenters. The zero-order valence-corrected chi connectivity index (χ0v) is 16.3. The Kier molecular flexibility index (Phi) is 6.26. The van der Waals surface area contributed by atoms with Crippen molar-refractivity contribution < 1.29 is 9.59 Å². The standard InChI is InChI=1S/C21H32N2O2/c1-6-17-11-9-10-14-22(17)20(25)15-23(16(2)24)19-13-8-7-12-18(19)21(3,4)5/h7-8,12-13,17H,6,9-11,14-15H2,1-5H3. The lowest BCUT2D eigenvalue weighted by atomic mass is 9.85. The SMILES string of the molecule is CCC1CCCCN1C(=O)CN(C(C)=O)c1ccccc1C(C)(C)C. The van der Waals surface area contributed by atoms with Crippen molar-refractivity contribution in [3.8, 4) is 0 Å². The van der Waals surface area contributed by atoms with Gasteiger partial charge in [-0.05, 0) is 42.7 Å². The minimum absolute atomic E-state index is 0.0606. The predicted molar refractivity (Wildman–Crippen MR) is 103 cm³/mol. The number of benzene rings is 1. The summed E-state index contributed by atoms with van der Waals surface area (Å²) in [7, 11) is 0. The summed E-state index contributed by atoms with van der Waals surface area (Å²) < 4.78 is 0. The first-order valence-electron chi connectivity index (χ1n) is 9.42. The third-order valence-corrected chi connectivity index (χ3v) is 5.10.